The molecule has 0 spiro atoms. The topological polar surface area (TPSA) is 180 Å². The van der Waals surface area contributed by atoms with Gasteiger partial charge < -0.3 is 29.9 Å². The van der Waals surface area contributed by atoms with Crippen molar-refractivity contribution >= 4 is 16.4 Å². The molecule has 0 bridgehead atoms. The maximum atomic E-state index is 11.5. The maximum Gasteiger partial charge on any atom is 0.397 e. The zero-order chi connectivity index (χ0) is 26.0. The minimum Gasteiger partial charge on any atom is -0.479 e. The van der Waals surface area contributed by atoms with Crippen LogP contribution in [0.25, 0.3) is 0 Å². The first-order valence-electron chi connectivity index (χ1n) is 12.3. The number of carbonyl (C=O) groups is 1. The van der Waals surface area contributed by atoms with Gasteiger partial charge in [-0.2, -0.15) is 8.42 Å². The Balaban J connectivity index is 1.36. The van der Waals surface area contributed by atoms with Gasteiger partial charge in [-0.25, -0.2) is 8.98 Å². The zero-order valence-electron chi connectivity index (χ0n) is 19.8. The Morgan fingerprint density at radius 3 is 2.56 bits per heavy atom. The van der Waals surface area contributed by atoms with Crippen LogP contribution in [0.1, 0.15) is 56.1 Å². The average Bonchev–Trinajstić information content (AvgIpc) is 3.11. The van der Waals surface area contributed by atoms with Gasteiger partial charge in [-0.05, 0) is 85.0 Å². The van der Waals surface area contributed by atoms with Crippen LogP contribution in [-0.4, -0.2) is 76.2 Å². The molecule has 1 aliphatic heterocycles. The lowest BCUT2D eigenvalue weighted by atomic mass is 9.55. The lowest BCUT2D eigenvalue weighted by Crippen LogP contribution is -2.62. The van der Waals surface area contributed by atoms with E-state index in [0.29, 0.717) is 17.8 Å². The second-order valence-electron chi connectivity index (χ2n) is 10.8. The molecule has 5 rings (SSSR count). The minimum absolute atomic E-state index is 0.0257. The van der Waals surface area contributed by atoms with Crippen LogP contribution in [0.15, 0.2) is 18.2 Å². The van der Waals surface area contributed by atoms with Crippen molar-refractivity contribution in [3.05, 3.63) is 29.3 Å². The highest BCUT2D eigenvalue weighted by molar-refractivity contribution is 7.80. The molecular weight excluding hydrogens is 496 g/mol. The number of ether oxygens (including phenoxy) is 2. The van der Waals surface area contributed by atoms with E-state index in [4.69, 9.17) is 14.0 Å². The van der Waals surface area contributed by atoms with Crippen LogP contribution in [0.5, 0.6) is 5.75 Å². The highest BCUT2D eigenvalue weighted by atomic mass is 32.3. The van der Waals surface area contributed by atoms with Gasteiger partial charge >= 0.3 is 16.4 Å². The lowest BCUT2D eigenvalue weighted by molar-refractivity contribution is -0.266. The predicted molar refractivity (Wildman–Crippen MR) is 122 cm³/mol. The van der Waals surface area contributed by atoms with Crippen LogP contribution < -0.4 is 4.74 Å². The number of benzene rings is 1. The van der Waals surface area contributed by atoms with Crippen LogP contribution in [0.2, 0.25) is 0 Å². The molecule has 4 aliphatic rings. The quantitative estimate of drug-likeness (QED) is 0.344. The number of aliphatic hydroxyl groups excluding tert-OH is 3. The van der Waals surface area contributed by atoms with E-state index in [2.05, 4.69) is 11.1 Å². The molecule has 11 nitrogen and oxygen atoms in total. The van der Waals surface area contributed by atoms with E-state index < -0.39 is 47.1 Å². The normalized spacial score (nSPS) is 42.2. The molecule has 0 aromatic heterocycles. The highest BCUT2D eigenvalue weighted by Gasteiger charge is 2.55. The summed E-state index contributed by atoms with van der Waals surface area (Å²) in [5, 5.41) is 40.6. The van der Waals surface area contributed by atoms with Gasteiger partial charge in [-0.1, -0.05) is 13.0 Å². The molecule has 0 unspecified atom stereocenters. The van der Waals surface area contributed by atoms with Crippen molar-refractivity contribution in [1.82, 2.24) is 0 Å². The first-order chi connectivity index (χ1) is 16.9. The maximum absolute atomic E-state index is 11.5. The Labute approximate surface area is 208 Å². The Morgan fingerprint density at radius 2 is 1.86 bits per heavy atom. The summed E-state index contributed by atoms with van der Waals surface area (Å²) in [4.78, 5) is 11.5. The number of aliphatic hydroxyl groups is 3. The monoisotopic (exact) mass is 528 g/mol. The zero-order valence-corrected chi connectivity index (χ0v) is 20.6. The molecule has 0 amide bonds. The second-order valence-corrected chi connectivity index (χ2v) is 11.8. The highest BCUT2D eigenvalue weighted by Crippen LogP contribution is 2.61. The molecule has 5 N–H and O–H groups in total. The molecule has 36 heavy (non-hydrogen) atoms. The van der Waals surface area contributed by atoms with Crippen molar-refractivity contribution in [3.8, 4) is 5.75 Å². The third kappa shape index (κ3) is 4.42. The summed E-state index contributed by atoms with van der Waals surface area (Å²) in [6.07, 6.45) is -4.27. The number of rotatable bonds is 5. The first-order valence-corrected chi connectivity index (χ1v) is 13.6. The number of fused-ring (bicyclic) bond motifs is 5. The summed E-state index contributed by atoms with van der Waals surface area (Å²) in [6, 6.07) is 5.45. The van der Waals surface area contributed by atoms with Crippen molar-refractivity contribution in [2.75, 3.05) is 0 Å². The molecule has 2 saturated carbocycles. The standard InChI is InChI=1S/C24H32O11S/c1-24-9-8-14-13-5-3-12(10-11(13)2-4-15(14)16(24)6-7-17(24)25)33-23-19(27)20(35-36(30,31)32)18(26)21(34-23)22(28)29/h3,5,10,14-21,23,25-27H,2,4,6-9H2,1H3,(H,28,29)(H,30,31,32)/t14-,15-,16+,17+,18+,19-,20+,21+,23-,24+/m1/s1. The Bertz CT molecular complexity index is 1120. The summed E-state index contributed by atoms with van der Waals surface area (Å²) in [5.41, 5.74) is 2.27. The fourth-order valence-electron chi connectivity index (χ4n) is 7.13. The van der Waals surface area contributed by atoms with E-state index in [0.717, 1.165) is 44.1 Å². The van der Waals surface area contributed by atoms with Gasteiger partial charge in [0.25, 0.3) is 0 Å². The summed E-state index contributed by atoms with van der Waals surface area (Å²) >= 11 is 0. The van der Waals surface area contributed by atoms with Crippen LogP contribution >= 0.6 is 0 Å². The minimum atomic E-state index is -5.11. The molecule has 1 aromatic rings. The van der Waals surface area contributed by atoms with Gasteiger partial charge in [-0.3, -0.25) is 4.55 Å². The number of aliphatic carboxylic acids is 1. The Kier molecular flexibility index (Phi) is 6.60. The van der Waals surface area contributed by atoms with Crippen molar-refractivity contribution in [1.29, 1.82) is 0 Å². The number of hydrogen-bond acceptors (Lipinski definition) is 9. The second kappa shape index (κ2) is 9.19. The third-order valence-corrected chi connectivity index (χ3v) is 9.38. The van der Waals surface area contributed by atoms with Crippen LogP contribution in [0.3, 0.4) is 0 Å². The largest absolute Gasteiger partial charge is 0.479 e. The van der Waals surface area contributed by atoms with E-state index in [9.17, 15) is 33.6 Å². The molecule has 3 aliphatic carbocycles. The van der Waals surface area contributed by atoms with Crippen molar-refractivity contribution < 1.29 is 51.8 Å². The van der Waals surface area contributed by atoms with E-state index in [1.54, 1.807) is 12.1 Å². The third-order valence-electron chi connectivity index (χ3n) is 8.92. The molecule has 1 saturated heterocycles. The molecule has 0 radical (unpaired) electrons. The molecule has 1 heterocycles. The lowest BCUT2D eigenvalue weighted by Gasteiger charge is -2.50. The fraction of sp³-hybridized carbons (Fsp3) is 0.708. The first kappa shape index (κ1) is 25.8. The van der Waals surface area contributed by atoms with Crippen molar-refractivity contribution in [2.45, 2.75) is 88.2 Å². The van der Waals surface area contributed by atoms with E-state index in [1.165, 1.54) is 5.56 Å². The van der Waals surface area contributed by atoms with Gasteiger partial charge in [0.1, 0.15) is 24.1 Å². The SMILES string of the molecule is C[C@]12CC[C@@H]3c4ccc(O[C@@H]5O[C@H](C(=O)O)[C@@H](O)[C@H](OS(=O)(=O)O)[C@H]5O)cc4CC[C@H]3[C@@H]1CC[C@@H]2O. The van der Waals surface area contributed by atoms with E-state index in [-0.39, 0.29) is 17.3 Å². The molecular formula is C24H32O11S. The number of aryl methyl sites for hydroxylation is 1. The van der Waals surface area contributed by atoms with Gasteiger partial charge in [0.05, 0.1) is 6.10 Å². The molecule has 1 aromatic carbocycles. The average molecular weight is 529 g/mol. The smallest absolute Gasteiger partial charge is 0.397 e. The Morgan fingerprint density at radius 1 is 1.11 bits per heavy atom. The van der Waals surface area contributed by atoms with Crippen molar-refractivity contribution in [2.24, 2.45) is 17.3 Å². The van der Waals surface area contributed by atoms with Crippen LogP contribution in [0.4, 0.5) is 0 Å². The molecule has 12 heteroatoms. The summed E-state index contributed by atoms with van der Waals surface area (Å²) in [5.74, 6) is 0.0193. The van der Waals surface area contributed by atoms with Gasteiger partial charge in [0, 0.05) is 0 Å². The van der Waals surface area contributed by atoms with E-state index >= 15 is 0 Å². The number of hydrogen-bond donors (Lipinski definition) is 5. The van der Waals surface area contributed by atoms with E-state index in [1.807, 2.05) is 6.07 Å². The predicted octanol–water partition coefficient (Wildman–Crippen LogP) is 1.00. The van der Waals surface area contributed by atoms with Crippen LogP contribution in [0, 0.1) is 17.3 Å². The van der Waals surface area contributed by atoms with Gasteiger partial charge in [0.2, 0.25) is 6.29 Å². The molecule has 10 atom stereocenters. The molecule has 200 valence electrons. The number of carboxylic acids is 1. The summed E-state index contributed by atoms with van der Waals surface area (Å²) in [6.45, 7) is 2.22. The van der Waals surface area contributed by atoms with Crippen molar-refractivity contribution in [3.63, 3.8) is 0 Å². The number of carboxylic acid groups (broad SMARTS) is 1. The fourth-order valence-corrected chi connectivity index (χ4v) is 7.64. The van der Waals surface area contributed by atoms with Crippen LogP contribution in [-0.2, 0) is 30.5 Å². The summed E-state index contributed by atoms with van der Waals surface area (Å²) in [7, 11) is -5.11. The van der Waals surface area contributed by atoms with Gasteiger partial charge in [0.15, 0.2) is 6.10 Å². The van der Waals surface area contributed by atoms with Gasteiger partial charge in [-0.15, -0.1) is 0 Å². The Hall–Kier alpha value is -1.80. The summed E-state index contributed by atoms with van der Waals surface area (Å²) < 4.78 is 46.6. The molecule has 3 fully saturated rings.